The van der Waals surface area contributed by atoms with E-state index in [0.29, 0.717) is 48.5 Å². The third-order valence-electron chi connectivity index (χ3n) is 12.3. The maximum absolute atomic E-state index is 12.8. The number of aromatic hydroxyl groups is 4. The summed E-state index contributed by atoms with van der Waals surface area (Å²) < 4.78 is 141. The zero-order chi connectivity index (χ0) is 69.4. The van der Waals surface area contributed by atoms with Crippen molar-refractivity contribution >= 4 is 150 Å². The zero-order valence-electron chi connectivity index (χ0n) is 46.0. The Morgan fingerprint density at radius 2 is 0.862 bits per heavy atom. The molecule has 0 aliphatic rings. The van der Waals surface area contributed by atoms with E-state index in [9.17, 15) is 122 Å². The highest BCUT2D eigenvalue weighted by Gasteiger charge is 2.30. The number of aromatic nitrogens is 6. The number of carbonyl (C=O) groups is 5. The Kier molecular flexibility index (Phi) is 18.3. The number of nitrogens with one attached hydrogen (secondary N) is 4. The Hall–Kier alpha value is -12.3. The van der Waals surface area contributed by atoms with Crippen LogP contribution in [0.5, 0.6) is 23.5 Å². The van der Waals surface area contributed by atoms with Crippen LogP contribution < -0.4 is 21.3 Å². The van der Waals surface area contributed by atoms with Gasteiger partial charge < -0.3 is 67.2 Å². The number of benzene rings is 6. The van der Waals surface area contributed by atoms with E-state index < -0.39 is 226 Å². The highest BCUT2D eigenvalue weighted by atomic mass is 32.2. The number of azo groups is 2. The molecular formula is C50H36N14O26S4. The molecule has 17 N–H and O–H groups in total. The molecule has 0 fully saturated rings. The molecule has 0 spiro atoms. The summed E-state index contributed by atoms with van der Waals surface area (Å²) in [6.07, 6.45) is 2.02. The second-order valence-corrected chi connectivity index (χ2v) is 24.0. The predicted molar refractivity (Wildman–Crippen MR) is 315 cm³/mol. The van der Waals surface area contributed by atoms with Gasteiger partial charge >= 0.3 is 41.9 Å². The van der Waals surface area contributed by atoms with E-state index in [1.54, 1.807) is 0 Å². The predicted octanol–water partition coefficient (Wildman–Crippen LogP) is 6.24. The number of phenolic OH excluding ortho intramolecular Hbond substituents is 2. The number of hydrogen-bond acceptors (Lipinski definition) is 31. The molecule has 40 nitrogen and oxygen atoms in total. The van der Waals surface area contributed by atoms with Crippen molar-refractivity contribution in [1.82, 2.24) is 29.9 Å². The second kappa shape index (κ2) is 25.5. The SMILES string of the molecule is C=C(Nc1nc(O)nc(Nc2cc(S(=O)(=O)O)cc3cc(S(=O)(=O)O)c(N=Nc4cc(C(=O)O)ccc4C(=O)O)c(O)c23)n1)/C(=C\C(=C/C)Nc1nc(O)nc(Nc2cc(S(=O)(=O)O)cc3cc(S(=O)(=O)O)c(N=Nc4cc(C(=O)O)ccc4C(=O)O)c(O)c23)n1)C(=O)O. The zero-order valence-corrected chi connectivity index (χ0v) is 49.3. The van der Waals surface area contributed by atoms with E-state index >= 15 is 0 Å². The molecule has 44 heteroatoms. The van der Waals surface area contributed by atoms with E-state index in [-0.39, 0.29) is 5.70 Å². The number of rotatable bonds is 23. The number of phenols is 2. The van der Waals surface area contributed by atoms with E-state index in [1.807, 2.05) is 0 Å². The molecule has 0 atom stereocenters. The highest BCUT2D eigenvalue weighted by Crippen LogP contribution is 2.48. The van der Waals surface area contributed by atoms with Crippen LogP contribution in [0.2, 0.25) is 0 Å². The Bertz CT molecular complexity index is 5300. The van der Waals surface area contributed by atoms with Crippen LogP contribution in [0, 0.1) is 0 Å². The van der Waals surface area contributed by atoms with Crippen molar-refractivity contribution in [1.29, 1.82) is 0 Å². The Morgan fingerprint density at radius 1 is 0.479 bits per heavy atom. The minimum absolute atomic E-state index is 0.278. The molecule has 0 unspecified atom stereocenters. The number of aliphatic carboxylic acids is 1. The first-order chi connectivity index (χ1) is 43.7. The van der Waals surface area contributed by atoms with Gasteiger partial charge in [-0.2, -0.15) is 63.6 Å². The molecule has 0 aliphatic carbocycles. The van der Waals surface area contributed by atoms with Crippen LogP contribution in [-0.2, 0) is 45.3 Å². The monoisotopic (exact) mass is 1380 g/mol. The number of carboxylic acids is 5. The van der Waals surface area contributed by atoms with Gasteiger partial charge in [0, 0.05) is 22.2 Å². The van der Waals surface area contributed by atoms with Crippen molar-refractivity contribution in [3.63, 3.8) is 0 Å². The molecular weight excluding hydrogens is 1340 g/mol. The molecule has 486 valence electrons. The normalized spacial score (nSPS) is 12.5. The largest absolute Gasteiger partial charge is 0.505 e. The minimum Gasteiger partial charge on any atom is -0.505 e. The molecule has 0 saturated carbocycles. The van der Waals surface area contributed by atoms with Crippen LogP contribution in [0.1, 0.15) is 48.4 Å². The van der Waals surface area contributed by atoms with E-state index in [0.717, 1.165) is 30.3 Å². The lowest BCUT2D eigenvalue weighted by atomic mass is 10.1. The van der Waals surface area contributed by atoms with Gasteiger partial charge in [-0.25, -0.2) is 24.0 Å². The highest BCUT2D eigenvalue weighted by molar-refractivity contribution is 7.86. The van der Waals surface area contributed by atoms with E-state index in [1.165, 1.54) is 13.0 Å². The van der Waals surface area contributed by atoms with Gasteiger partial charge in [0.25, 0.3) is 40.5 Å². The molecule has 0 saturated heterocycles. The van der Waals surface area contributed by atoms with Gasteiger partial charge in [0.05, 0.1) is 49.0 Å². The number of allylic oxidation sites excluding steroid dienone is 2. The summed E-state index contributed by atoms with van der Waals surface area (Å²) in [5.74, 6) is -13.9. The Morgan fingerprint density at radius 3 is 1.20 bits per heavy atom. The van der Waals surface area contributed by atoms with Gasteiger partial charge in [0.2, 0.25) is 23.8 Å². The lowest BCUT2D eigenvalue weighted by Crippen LogP contribution is -2.14. The maximum atomic E-state index is 12.8. The number of anilines is 6. The van der Waals surface area contributed by atoms with Crippen LogP contribution in [0.4, 0.5) is 57.9 Å². The molecule has 0 radical (unpaired) electrons. The first kappa shape index (κ1) is 67.6. The van der Waals surface area contributed by atoms with E-state index in [4.69, 9.17) is 0 Å². The van der Waals surface area contributed by atoms with Crippen LogP contribution in [-0.4, -0.2) is 158 Å². The van der Waals surface area contributed by atoms with Crippen LogP contribution in [0.15, 0.2) is 149 Å². The van der Waals surface area contributed by atoms with E-state index in [2.05, 4.69) is 78.2 Å². The van der Waals surface area contributed by atoms with Gasteiger partial charge in [-0.15, -0.1) is 20.5 Å². The average molecular weight is 1380 g/mol. The molecule has 6 aromatic carbocycles. The number of carboxylic acid groups (broad SMARTS) is 5. The fourth-order valence-electron chi connectivity index (χ4n) is 8.22. The third-order valence-corrected chi connectivity index (χ3v) is 15.7. The van der Waals surface area contributed by atoms with Crippen molar-refractivity contribution in [2.24, 2.45) is 20.5 Å². The molecule has 2 heterocycles. The topological polar surface area (TPSA) is 660 Å². The average Bonchev–Trinajstić information content (AvgIpc) is 0.754. The van der Waals surface area contributed by atoms with Gasteiger partial charge in [-0.3, -0.25) is 18.2 Å². The number of aromatic carboxylic acids is 4. The molecule has 8 rings (SSSR count). The summed E-state index contributed by atoms with van der Waals surface area (Å²) in [4.78, 5) is 78.0. The summed E-state index contributed by atoms with van der Waals surface area (Å²) >= 11 is 0. The Balaban J connectivity index is 1.13. The number of hydrogen-bond donors (Lipinski definition) is 17. The smallest absolute Gasteiger partial charge is 0.337 e. The summed E-state index contributed by atoms with van der Waals surface area (Å²) in [6.45, 7) is 4.95. The first-order valence-electron chi connectivity index (χ1n) is 24.6. The molecule has 0 aliphatic heterocycles. The van der Waals surface area contributed by atoms with Gasteiger partial charge in [-0.1, -0.05) is 12.7 Å². The summed E-state index contributed by atoms with van der Waals surface area (Å²) in [7, 11) is -21.6. The number of fused-ring (bicyclic) bond motifs is 2. The molecule has 2 aromatic heterocycles. The Labute approximate surface area is 521 Å². The molecule has 0 amide bonds. The lowest BCUT2D eigenvalue weighted by molar-refractivity contribution is -0.132. The van der Waals surface area contributed by atoms with Gasteiger partial charge in [-0.05, 0) is 96.6 Å². The van der Waals surface area contributed by atoms with Crippen molar-refractivity contribution in [3.8, 4) is 23.5 Å². The third kappa shape index (κ3) is 14.9. The molecule has 0 bridgehead atoms. The molecule has 8 aromatic rings. The van der Waals surface area contributed by atoms with Crippen molar-refractivity contribution < 1.29 is 122 Å². The lowest BCUT2D eigenvalue weighted by Gasteiger charge is -2.16. The van der Waals surface area contributed by atoms with Crippen molar-refractivity contribution in [2.75, 3.05) is 21.3 Å². The maximum Gasteiger partial charge on any atom is 0.337 e. The van der Waals surface area contributed by atoms with Gasteiger partial charge in [0.1, 0.15) is 32.5 Å². The van der Waals surface area contributed by atoms with Crippen molar-refractivity contribution in [2.45, 2.75) is 26.5 Å². The second-order valence-electron chi connectivity index (χ2n) is 18.4. The fraction of sp³-hybridized carbons (Fsp3) is 0.0200. The summed E-state index contributed by atoms with van der Waals surface area (Å²) in [6, 6.07) is 5.90. The van der Waals surface area contributed by atoms with Gasteiger partial charge in [0.15, 0.2) is 11.5 Å². The van der Waals surface area contributed by atoms with Crippen molar-refractivity contribution in [3.05, 3.63) is 131 Å². The fourth-order valence-corrected chi connectivity index (χ4v) is 10.6. The number of nitrogens with zero attached hydrogens (tertiary/aromatic N) is 10. The van der Waals surface area contributed by atoms with Crippen LogP contribution >= 0.6 is 0 Å². The first-order valence-corrected chi connectivity index (χ1v) is 30.4. The minimum atomic E-state index is -5.51. The quantitative estimate of drug-likeness (QED) is 0.0146. The summed E-state index contributed by atoms with van der Waals surface area (Å²) in [5.41, 5.74) is -9.29. The molecule has 94 heavy (non-hydrogen) atoms. The van der Waals surface area contributed by atoms with Crippen LogP contribution in [0.3, 0.4) is 0 Å². The van der Waals surface area contributed by atoms with Crippen LogP contribution in [0.25, 0.3) is 21.5 Å². The standard InChI is InChI=1S/C50H36N14O26S4/c1-3-22(52-46-56-48(60-50(78)58-46)54-31-16-24(92(82,83)84)9-21-13-33(94(88,89)90)37(39(66)35(21)31)64-62-29-11-19(41(69)70)5-7-26(29)43(73)74)14-27(44(75)76)17(2)51-45-55-47(59-49(77)57-45)53-30-15-23(91(79,80)81)8-20-12-32(93(85,86)87)36(38(65)34(20)30)63-61-28-10-18(40(67)68)4-6-25(28)42(71)72/h3-16,65-66H,2H2,1H3,(H,67,68)(H,69,70)(H,71,72)(H,73,74)(H,75,76)(H,79,80,81)(H,82,83,84)(H,85,86,87)(H,88,89,90)(H3,51,53,55,57,59,77)(H3,52,54,56,58,60,78)/b22-3+,27-14+,63-61?,64-62?. The summed E-state index contributed by atoms with van der Waals surface area (Å²) in [5, 5.41) is 115.